The Labute approximate surface area is 274 Å². The van der Waals surface area contributed by atoms with Crippen LogP contribution in [0.5, 0.6) is 0 Å². The van der Waals surface area contributed by atoms with E-state index >= 15 is 0 Å². The average Bonchev–Trinajstić information content (AvgIpc) is 3.26. The number of rotatable bonds is 1. The number of allylic oxidation sites excluding steroid dienone is 1. The molecule has 8 rings (SSSR count). The molecule has 244 valence electrons. The van der Waals surface area contributed by atoms with Gasteiger partial charge in [-0.3, -0.25) is 0 Å². The first kappa shape index (κ1) is 31.0. The molecule has 1 unspecified atom stereocenters. The van der Waals surface area contributed by atoms with Crippen molar-refractivity contribution >= 4 is 11.8 Å². The summed E-state index contributed by atoms with van der Waals surface area (Å²) in [4.78, 5) is 1.35. The van der Waals surface area contributed by atoms with Crippen molar-refractivity contribution in [3.05, 3.63) is 41.0 Å². The summed E-state index contributed by atoms with van der Waals surface area (Å²) in [5.41, 5.74) is 2.96. The standard InChI is InChI=1S/C39H52O5S/c1-8-14-37(40)15-13-30-28-12-10-26-19-38(43-23-34(4,5)24-44-38)16-17-39(26)32(28)29(20-35(30,37)6)27-11-9-25(18-31(27)45-39)36(7)41-21-33(2,3)22-42-36/h9-11,18,28-30,32,40H,12-13,15-17,19-24H2,1-7H3/t28-,29+,30-,32?,35-,37-,39+/m0/s1. The lowest BCUT2D eigenvalue weighted by molar-refractivity contribution is -0.306. The van der Waals surface area contributed by atoms with Crippen LogP contribution < -0.4 is 0 Å². The number of thioether (sulfide) groups is 1. The summed E-state index contributed by atoms with van der Waals surface area (Å²) < 4.78 is 26.1. The lowest BCUT2D eigenvalue weighted by Gasteiger charge is -2.65. The predicted molar refractivity (Wildman–Crippen MR) is 177 cm³/mol. The Kier molecular flexibility index (Phi) is 6.79. The minimum atomic E-state index is -0.934. The third-order valence-electron chi connectivity index (χ3n) is 13.2. The zero-order valence-corrected chi connectivity index (χ0v) is 29.2. The van der Waals surface area contributed by atoms with E-state index in [1.807, 2.05) is 6.92 Å². The van der Waals surface area contributed by atoms with Crippen LogP contribution in [-0.4, -0.2) is 47.7 Å². The molecule has 7 atom stereocenters. The second-order valence-corrected chi connectivity index (χ2v) is 18.9. The Morgan fingerprint density at radius 2 is 1.58 bits per heavy atom. The van der Waals surface area contributed by atoms with Crippen molar-refractivity contribution in [3.8, 4) is 11.8 Å². The van der Waals surface area contributed by atoms with Crippen molar-refractivity contribution in [1.29, 1.82) is 0 Å². The number of benzene rings is 1. The summed E-state index contributed by atoms with van der Waals surface area (Å²) in [6.07, 6.45) is 9.27. The van der Waals surface area contributed by atoms with Crippen LogP contribution >= 0.6 is 11.8 Å². The van der Waals surface area contributed by atoms with Gasteiger partial charge in [0.15, 0.2) is 11.6 Å². The fraction of sp³-hybridized carbons (Fsp3) is 0.744. The highest BCUT2D eigenvalue weighted by molar-refractivity contribution is 8.01. The summed E-state index contributed by atoms with van der Waals surface area (Å²) in [6, 6.07) is 7.02. The van der Waals surface area contributed by atoms with Crippen molar-refractivity contribution in [1.82, 2.24) is 0 Å². The molecule has 3 saturated carbocycles. The van der Waals surface area contributed by atoms with E-state index in [1.165, 1.54) is 16.0 Å². The Balaban J connectivity index is 1.23. The summed E-state index contributed by atoms with van der Waals surface area (Å²) in [7, 11) is 0. The Morgan fingerprint density at radius 3 is 2.27 bits per heavy atom. The molecule has 5 nitrogen and oxygen atoms in total. The maximum Gasteiger partial charge on any atom is 0.191 e. The molecule has 1 N–H and O–H groups in total. The molecule has 1 aromatic carbocycles. The first-order valence-electron chi connectivity index (χ1n) is 17.4. The van der Waals surface area contributed by atoms with Crippen LogP contribution in [0.3, 0.4) is 0 Å². The summed E-state index contributed by atoms with van der Waals surface area (Å²) in [5.74, 6) is 7.06. The second-order valence-electron chi connectivity index (χ2n) is 17.5. The number of aliphatic hydroxyl groups is 1. The van der Waals surface area contributed by atoms with Crippen LogP contribution in [0.1, 0.15) is 110 Å². The zero-order chi connectivity index (χ0) is 31.7. The highest BCUT2D eigenvalue weighted by atomic mass is 32.2. The van der Waals surface area contributed by atoms with Crippen molar-refractivity contribution in [2.24, 2.45) is 34.0 Å². The normalized spacial score (nSPS) is 43.1. The van der Waals surface area contributed by atoms with Crippen LogP contribution in [0.25, 0.3) is 0 Å². The SMILES string of the molecule is CC#C[C@]1(O)CC[C@H]2[C@@H]3CC=C4CC5(CC[C@@]46Sc4cc(C7(C)OCC(C)(C)CO7)ccc4[C@@H](C[C@@]21C)C36)OCC(C)(C)CO5. The van der Waals surface area contributed by atoms with Crippen molar-refractivity contribution in [2.75, 3.05) is 26.4 Å². The summed E-state index contributed by atoms with van der Waals surface area (Å²) in [5, 5.41) is 12.2. The maximum atomic E-state index is 12.2. The van der Waals surface area contributed by atoms with Crippen LogP contribution in [0.2, 0.25) is 0 Å². The Bertz CT molecular complexity index is 1480. The number of ether oxygens (including phenoxy) is 4. The Hall–Kier alpha value is -1.33. The third kappa shape index (κ3) is 4.47. The minimum Gasteiger partial charge on any atom is -0.377 e. The minimum absolute atomic E-state index is 0.000211. The van der Waals surface area contributed by atoms with Gasteiger partial charge in [0.05, 0.1) is 26.4 Å². The van der Waals surface area contributed by atoms with Gasteiger partial charge in [-0.25, -0.2) is 0 Å². The van der Waals surface area contributed by atoms with Gasteiger partial charge in [-0.15, -0.1) is 17.7 Å². The largest absolute Gasteiger partial charge is 0.377 e. The quantitative estimate of drug-likeness (QED) is 0.251. The molecular formula is C39H52O5S. The van der Waals surface area contributed by atoms with Crippen molar-refractivity contribution < 1.29 is 24.1 Å². The van der Waals surface area contributed by atoms with Crippen LogP contribution in [-0.2, 0) is 24.7 Å². The van der Waals surface area contributed by atoms with Gasteiger partial charge in [0.2, 0.25) is 0 Å². The summed E-state index contributed by atoms with van der Waals surface area (Å²) >= 11 is 2.12. The van der Waals surface area contributed by atoms with E-state index in [9.17, 15) is 5.11 Å². The third-order valence-corrected chi connectivity index (χ3v) is 14.9. The molecule has 0 aromatic heterocycles. The van der Waals surface area contributed by atoms with Gasteiger partial charge < -0.3 is 24.1 Å². The van der Waals surface area contributed by atoms with Crippen LogP contribution in [0, 0.1) is 45.8 Å². The molecule has 1 aromatic rings. The fourth-order valence-electron chi connectivity index (χ4n) is 10.6. The highest BCUT2D eigenvalue weighted by Crippen LogP contribution is 2.74. The zero-order valence-electron chi connectivity index (χ0n) is 28.4. The van der Waals surface area contributed by atoms with Crippen LogP contribution in [0.15, 0.2) is 34.7 Å². The number of fused-ring (bicyclic) bond motifs is 4. The number of hydrogen-bond acceptors (Lipinski definition) is 6. The average molecular weight is 633 g/mol. The van der Waals surface area contributed by atoms with Gasteiger partial charge in [0, 0.05) is 44.3 Å². The molecule has 3 aliphatic heterocycles. The van der Waals surface area contributed by atoms with E-state index in [2.05, 4.69) is 89.4 Å². The maximum absolute atomic E-state index is 12.2. The van der Waals surface area contributed by atoms with E-state index < -0.39 is 17.2 Å². The molecule has 0 amide bonds. The molecule has 0 radical (unpaired) electrons. The molecule has 5 fully saturated rings. The lowest BCUT2D eigenvalue weighted by atomic mass is 9.46. The first-order chi connectivity index (χ1) is 21.2. The van der Waals surface area contributed by atoms with Crippen molar-refractivity contribution in [3.63, 3.8) is 0 Å². The predicted octanol–water partition coefficient (Wildman–Crippen LogP) is 7.95. The van der Waals surface area contributed by atoms with E-state index in [0.29, 0.717) is 36.9 Å². The second kappa shape index (κ2) is 9.86. The lowest BCUT2D eigenvalue weighted by Crippen LogP contribution is -2.62. The molecule has 0 bridgehead atoms. The van der Waals surface area contributed by atoms with Crippen molar-refractivity contribution in [2.45, 2.75) is 126 Å². The molecule has 6 heteroatoms. The van der Waals surface area contributed by atoms with Crippen LogP contribution in [0.4, 0.5) is 0 Å². The molecule has 2 spiro atoms. The molecular weight excluding hydrogens is 580 g/mol. The van der Waals surface area contributed by atoms with E-state index in [1.54, 1.807) is 0 Å². The first-order valence-corrected chi connectivity index (χ1v) is 18.2. The molecule has 3 heterocycles. The highest BCUT2D eigenvalue weighted by Gasteiger charge is 2.69. The topological polar surface area (TPSA) is 57.2 Å². The molecule has 45 heavy (non-hydrogen) atoms. The van der Waals surface area contributed by atoms with Gasteiger partial charge in [0.1, 0.15) is 5.60 Å². The smallest absolute Gasteiger partial charge is 0.191 e. The number of hydrogen-bond donors (Lipinski definition) is 1. The monoisotopic (exact) mass is 632 g/mol. The molecule has 2 saturated heterocycles. The van der Waals surface area contributed by atoms with Gasteiger partial charge in [-0.05, 0) is 81.3 Å². The van der Waals surface area contributed by atoms with E-state index in [0.717, 1.165) is 63.7 Å². The molecule has 4 aliphatic carbocycles. The fourth-order valence-corrected chi connectivity index (χ4v) is 12.5. The molecule has 7 aliphatic rings. The van der Waals surface area contributed by atoms with E-state index in [-0.39, 0.29) is 21.0 Å². The van der Waals surface area contributed by atoms with Gasteiger partial charge >= 0.3 is 0 Å². The van der Waals surface area contributed by atoms with E-state index in [4.69, 9.17) is 18.9 Å². The Morgan fingerprint density at radius 1 is 0.889 bits per heavy atom. The van der Waals surface area contributed by atoms with Gasteiger partial charge in [-0.2, -0.15) is 0 Å². The van der Waals surface area contributed by atoms with Gasteiger partial charge in [-0.1, -0.05) is 64.3 Å². The summed E-state index contributed by atoms with van der Waals surface area (Å²) in [6.45, 7) is 18.0. The van der Waals surface area contributed by atoms with Gasteiger partial charge in [0.25, 0.3) is 0 Å².